The van der Waals surface area contributed by atoms with Crippen LogP contribution in [0.5, 0.6) is 0 Å². The van der Waals surface area contributed by atoms with E-state index in [0.717, 1.165) is 43.4 Å². The van der Waals surface area contributed by atoms with Crippen LogP contribution in [0.15, 0.2) is 47.4 Å². The van der Waals surface area contributed by atoms with Crippen molar-refractivity contribution >= 4 is 38.9 Å². The molecule has 0 radical (unpaired) electrons. The predicted molar refractivity (Wildman–Crippen MR) is 102 cm³/mol. The van der Waals surface area contributed by atoms with Gasteiger partial charge in [0.1, 0.15) is 0 Å². The molecule has 0 saturated heterocycles. The van der Waals surface area contributed by atoms with E-state index in [1.54, 1.807) is 30.3 Å². The van der Waals surface area contributed by atoms with E-state index in [9.17, 15) is 13.2 Å². The highest BCUT2D eigenvalue weighted by molar-refractivity contribution is 7.92. The number of nitrogens with one attached hydrogen (secondary N) is 2. The summed E-state index contributed by atoms with van der Waals surface area (Å²) >= 11 is 5.83. The standard InChI is InChI=1S/C19H19ClN2O3S/c20-13-4-7-15(8-5-13)26(24,25)22-14-6-9-17-16(12-14)19(18(23)21-17)10-2-1-3-11-19/h4-9,12,22H,1-3,10-11H2,(H,21,23). The molecule has 136 valence electrons. The molecule has 1 fully saturated rings. The molecule has 1 saturated carbocycles. The van der Waals surface area contributed by atoms with E-state index in [4.69, 9.17) is 11.6 Å². The van der Waals surface area contributed by atoms with Crippen LogP contribution in [-0.4, -0.2) is 14.3 Å². The van der Waals surface area contributed by atoms with Crippen molar-refractivity contribution in [3.8, 4) is 0 Å². The van der Waals surface area contributed by atoms with Gasteiger partial charge in [-0.1, -0.05) is 30.9 Å². The smallest absolute Gasteiger partial charge is 0.261 e. The fourth-order valence-corrected chi connectivity index (χ4v) is 5.13. The lowest BCUT2D eigenvalue weighted by Crippen LogP contribution is -2.36. The number of benzene rings is 2. The lowest BCUT2D eigenvalue weighted by Gasteiger charge is -2.31. The van der Waals surface area contributed by atoms with Crippen LogP contribution < -0.4 is 10.0 Å². The summed E-state index contributed by atoms with van der Waals surface area (Å²) in [6.45, 7) is 0. The molecule has 4 rings (SSSR count). The summed E-state index contributed by atoms with van der Waals surface area (Å²) in [5, 5.41) is 3.43. The van der Waals surface area contributed by atoms with Crippen LogP contribution in [0.1, 0.15) is 37.7 Å². The van der Waals surface area contributed by atoms with Crippen LogP contribution in [0.25, 0.3) is 0 Å². The summed E-state index contributed by atoms with van der Waals surface area (Å²) in [5.74, 6) is 0.0323. The molecule has 1 amide bonds. The van der Waals surface area contributed by atoms with Gasteiger partial charge in [0.25, 0.3) is 10.0 Å². The molecule has 0 unspecified atom stereocenters. The van der Waals surface area contributed by atoms with Crippen molar-refractivity contribution in [3.63, 3.8) is 0 Å². The largest absolute Gasteiger partial charge is 0.325 e. The number of hydrogen-bond donors (Lipinski definition) is 2. The van der Waals surface area contributed by atoms with E-state index in [1.165, 1.54) is 12.1 Å². The van der Waals surface area contributed by atoms with E-state index in [2.05, 4.69) is 10.0 Å². The molecular formula is C19H19ClN2O3S. The highest BCUT2D eigenvalue weighted by Crippen LogP contribution is 2.48. The highest BCUT2D eigenvalue weighted by atomic mass is 35.5. The highest BCUT2D eigenvalue weighted by Gasteiger charge is 2.47. The van der Waals surface area contributed by atoms with Gasteiger partial charge in [-0.15, -0.1) is 0 Å². The fraction of sp³-hybridized carbons (Fsp3) is 0.316. The van der Waals surface area contributed by atoms with Crippen LogP contribution in [0, 0.1) is 0 Å². The molecule has 2 aromatic rings. The zero-order valence-electron chi connectivity index (χ0n) is 14.1. The van der Waals surface area contributed by atoms with E-state index < -0.39 is 15.4 Å². The zero-order chi connectivity index (χ0) is 18.4. The normalized spacial score (nSPS) is 18.4. The van der Waals surface area contributed by atoms with Gasteiger partial charge in [-0.25, -0.2) is 8.42 Å². The molecule has 1 heterocycles. The van der Waals surface area contributed by atoms with E-state index in [1.807, 2.05) is 0 Å². The number of carbonyl (C=O) groups is 1. The molecule has 0 atom stereocenters. The summed E-state index contributed by atoms with van der Waals surface area (Å²) in [7, 11) is -3.72. The van der Waals surface area contributed by atoms with Crippen molar-refractivity contribution in [1.82, 2.24) is 0 Å². The summed E-state index contributed by atoms with van der Waals surface area (Å²) in [5.41, 5.74) is 1.62. The number of carbonyl (C=O) groups excluding carboxylic acids is 1. The van der Waals surface area contributed by atoms with E-state index in [0.29, 0.717) is 10.7 Å². The number of fused-ring (bicyclic) bond motifs is 2. The minimum atomic E-state index is -3.72. The Balaban J connectivity index is 1.68. The van der Waals surface area contributed by atoms with Crippen LogP contribution in [-0.2, 0) is 20.2 Å². The molecule has 2 aliphatic rings. The maximum Gasteiger partial charge on any atom is 0.261 e. The molecule has 5 nitrogen and oxygen atoms in total. The maximum absolute atomic E-state index is 12.6. The van der Waals surface area contributed by atoms with Crippen LogP contribution in [0.2, 0.25) is 5.02 Å². The van der Waals surface area contributed by atoms with Gasteiger partial charge in [0.15, 0.2) is 0 Å². The molecular weight excluding hydrogens is 372 g/mol. The summed E-state index contributed by atoms with van der Waals surface area (Å²) < 4.78 is 27.8. The molecule has 1 spiro atoms. The van der Waals surface area contributed by atoms with E-state index in [-0.39, 0.29) is 10.8 Å². The quantitative estimate of drug-likeness (QED) is 0.820. The van der Waals surface area contributed by atoms with Crippen molar-refractivity contribution in [2.75, 3.05) is 10.0 Å². The second kappa shape index (κ2) is 6.28. The number of anilines is 2. The Morgan fingerprint density at radius 1 is 1.00 bits per heavy atom. The zero-order valence-corrected chi connectivity index (χ0v) is 15.7. The lowest BCUT2D eigenvalue weighted by atomic mass is 9.70. The number of amides is 1. The predicted octanol–water partition coefficient (Wildman–Crippen LogP) is 4.29. The Hall–Kier alpha value is -2.05. The van der Waals surface area contributed by atoms with Gasteiger partial charge in [0, 0.05) is 16.4 Å². The summed E-state index contributed by atoms with van der Waals surface area (Å²) in [6, 6.07) is 11.3. The van der Waals surface area contributed by atoms with Gasteiger partial charge in [-0.2, -0.15) is 0 Å². The Bertz CT molecular complexity index is 965. The first-order chi connectivity index (χ1) is 12.4. The van der Waals surface area contributed by atoms with Gasteiger partial charge >= 0.3 is 0 Å². The van der Waals surface area contributed by atoms with Crippen LogP contribution in [0.3, 0.4) is 0 Å². The second-order valence-corrected chi connectivity index (χ2v) is 9.04. The first kappa shape index (κ1) is 17.4. The minimum absolute atomic E-state index is 0.0323. The third-order valence-electron chi connectivity index (χ3n) is 5.30. The average Bonchev–Trinajstić information content (AvgIpc) is 2.87. The fourth-order valence-electron chi connectivity index (χ4n) is 3.96. The van der Waals surface area contributed by atoms with Crippen molar-refractivity contribution < 1.29 is 13.2 Å². The molecule has 0 aromatic heterocycles. The van der Waals surface area contributed by atoms with Gasteiger partial charge in [-0.3, -0.25) is 9.52 Å². The molecule has 0 bridgehead atoms. The second-order valence-electron chi connectivity index (χ2n) is 6.92. The average molecular weight is 391 g/mol. The molecule has 1 aliphatic carbocycles. The third kappa shape index (κ3) is 2.87. The first-order valence-corrected chi connectivity index (χ1v) is 10.5. The maximum atomic E-state index is 12.6. The first-order valence-electron chi connectivity index (χ1n) is 8.65. The van der Waals surface area contributed by atoms with E-state index >= 15 is 0 Å². The monoisotopic (exact) mass is 390 g/mol. The number of hydrogen-bond acceptors (Lipinski definition) is 3. The van der Waals surface area contributed by atoms with Crippen molar-refractivity contribution in [3.05, 3.63) is 53.1 Å². The number of rotatable bonds is 3. The Morgan fingerprint density at radius 3 is 2.38 bits per heavy atom. The van der Waals surface area contributed by atoms with Gasteiger partial charge in [-0.05, 0) is 60.9 Å². The molecule has 2 N–H and O–H groups in total. The molecule has 2 aromatic carbocycles. The molecule has 1 aliphatic heterocycles. The lowest BCUT2D eigenvalue weighted by molar-refractivity contribution is -0.121. The molecule has 26 heavy (non-hydrogen) atoms. The SMILES string of the molecule is O=C1Nc2ccc(NS(=O)(=O)c3ccc(Cl)cc3)cc2C12CCCCC2. The van der Waals surface area contributed by atoms with Gasteiger partial charge in [0.2, 0.25) is 5.91 Å². The topological polar surface area (TPSA) is 75.3 Å². The van der Waals surface area contributed by atoms with Gasteiger partial charge in [0.05, 0.1) is 10.3 Å². The van der Waals surface area contributed by atoms with Gasteiger partial charge < -0.3 is 5.32 Å². The minimum Gasteiger partial charge on any atom is -0.325 e. The molecule has 7 heteroatoms. The Labute approximate surface area is 157 Å². The Kier molecular flexibility index (Phi) is 4.20. The summed E-state index contributed by atoms with van der Waals surface area (Å²) in [4.78, 5) is 12.7. The van der Waals surface area contributed by atoms with Crippen molar-refractivity contribution in [2.45, 2.75) is 42.4 Å². The van der Waals surface area contributed by atoms with Crippen molar-refractivity contribution in [2.24, 2.45) is 0 Å². The number of sulfonamides is 1. The van der Waals surface area contributed by atoms with Crippen molar-refractivity contribution in [1.29, 1.82) is 0 Å². The number of halogens is 1. The summed E-state index contributed by atoms with van der Waals surface area (Å²) in [6.07, 6.45) is 4.76. The third-order valence-corrected chi connectivity index (χ3v) is 6.95. The Morgan fingerprint density at radius 2 is 1.69 bits per heavy atom. The van der Waals surface area contributed by atoms with Crippen LogP contribution >= 0.6 is 11.6 Å². The van der Waals surface area contributed by atoms with Crippen LogP contribution in [0.4, 0.5) is 11.4 Å².